The molecule has 0 radical (unpaired) electrons. The number of fused-ring (bicyclic) bond motifs is 1. The first kappa shape index (κ1) is 18.9. The molecule has 3 aromatic rings. The quantitative estimate of drug-likeness (QED) is 0.682. The first-order chi connectivity index (χ1) is 13.9. The molecule has 2 aromatic carbocycles. The predicted octanol–water partition coefficient (Wildman–Crippen LogP) is 4.11. The number of carbonyl (C=O) groups excluding carboxylic acids is 2. The van der Waals surface area contributed by atoms with Crippen LogP contribution in [0.25, 0.3) is 5.69 Å². The molecule has 0 fully saturated rings. The highest BCUT2D eigenvalue weighted by molar-refractivity contribution is 6.08. The van der Waals surface area contributed by atoms with E-state index in [9.17, 15) is 9.59 Å². The summed E-state index contributed by atoms with van der Waals surface area (Å²) < 4.78 is 6.92. The van der Waals surface area contributed by atoms with Crippen LogP contribution in [0.15, 0.2) is 42.5 Å². The van der Waals surface area contributed by atoms with Crippen molar-refractivity contribution in [3.63, 3.8) is 0 Å². The summed E-state index contributed by atoms with van der Waals surface area (Å²) in [7, 11) is 1.58. The minimum absolute atomic E-state index is 0.0904. The third-order valence-electron chi connectivity index (χ3n) is 5.60. The summed E-state index contributed by atoms with van der Waals surface area (Å²) in [4.78, 5) is 25.8. The highest BCUT2D eigenvalue weighted by Crippen LogP contribution is 2.39. The molecule has 4 rings (SSSR count). The Labute approximate surface area is 169 Å². The second-order valence-electron chi connectivity index (χ2n) is 7.38. The summed E-state index contributed by atoms with van der Waals surface area (Å²) in [6.07, 6.45) is 0.108. The van der Waals surface area contributed by atoms with E-state index in [2.05, 4.69) is 10.4 Å². The summed E-state index contributed by atoms with van der Waals surface area (Å²) in [5.74, 6) is 0.427. The third kappa shape index (κ3) is 3.20. The van der Waals surface area contributed by atoms with Gasteiger partial charge in [-0.1, -0.05) is 12.1 Å². The maximum Gasteiger partial charge on any atom is 0.226 e. The number of nitrogens with one attached hydrogen (secondary N) is 1. The Balaban J connectivity index is 1.81. The Kier molecular flexibility index (Phi) is 4.70. The number of anilines is 1. The van der Waals surface area contributed by atoms with E-state index in [0.29, 0.717) is 17.1 Å². The smallest absolute Gasteiger partial charge is 0.226 e. The van der Waals surface area contributed by atoms with E-state index < -0.39 is 5.92 Å². The number of ether oxygens (including phenoxy) is 1. The molecule has 2 heterocycles. The number of ketones is 1. The van der Waals surface area contributed by atoms with Crippen LogP contribution < -0.4 is 10.1 Å². The highest BCUT2D eigenvalue weighted by atomic mass is 16.5. The van der Waals surface area contributed by atoms with E-state index in [1.165, 1.54) is 0 Å². The van der Waals surface area contributed by atoms with Gasteiger partial charge in [0.2, 0.25) is 5.91 Å². The summed E-state index contributed by atoms with van der Waals surface area (Å²) >= 11 is 0. The molecular formula is C23H23N3O3. The number of carbonyl (C=O) groups is 2. The van der Waals surface area contributed by atoms with Crippen LogP contribution in [0.1, 0.15) is 45.1 Å². The van der Waals surface area contributed by atoms with Gasteiger partial charge < -0.3 is 10.1 Å². The van der Waals surface area contributed by atoms with Gasteiger partial charge in [-0.2, -0.15) is 5.10 Å². The molecule has 0 saturated carbocycles. The van der Waals surface area contributed by atoms with Crippen molar-refractivity contribution < 1.29 is 14.3 Å². The van der Waals surface area contributed by atoms with Crippen molar-refractivity contribution >= 4 is 17.5 Å². The Morgan fingerprint density at radius 3 is 2.55 bits per heavy atom. The standard InChI is InChI=1S/C23H23N3O3/c1-13-6-5-7-19(14(13)2)26-23-21(15(3)25-26)18(12-20(27)24-23)22(28)16-8-10-17(29-4)11-9-16/h5-11,18H,12H2,1-4H3,(H,24,27)/t18-/m1/s1. The lowest BCUT2D eigenvalue weighted by Gasteiger charge is -2.23. The van der Waals surface area contributed by atoms with Gasteiger partial charge in [0.05, 0.1) is 24.4 Å². The van der Waals surface area contributed by atoms with Crippen molar-refractivity contribution in [3.8, 4) is 11.4 Å². The number of rotatable bonds is 4. The van der Waals surface area contributed by atoms with Crippen molar-refractivity contribution in [2.45, 2.75) is 33.1 Å². The maximum atomic E-state index is 13.3. The number of benzene rings is 2. The summed E-state index contributed by atoms with van der Waals surface area (Å²) in [6.45, 7) is 5.95. The molecule has 0 unspecified atom stereocenters. The van der Waals surface area contributed by atoms with Crippen LogP contribution in [0.2, 0.25) is 0 Å². The first-order valence-corrected chi connectivity index (χ1v) is 9.55. The summed E-state index contributed by atoms with van der Waals surface area (Å²) in [5.41, 5.74) is 5.19. The van der Waals surface area contributed by atoms with Gasteiger partial charge in [0.15, 0.2) is 5.78 Å². The molecular weight excluding hydrogens is 366 g/mol. The third-order valence-corrected chi connectivity index (χ3v) is 5.60. The molecule has 6 nitrogen and oxygen atoms in total. The summed E-state index contributed by atoms with van der Waals surface area (Å²) in [6, 6.07) is 12.9. The number of aromatic nitrogens is 2. The van der Waals surface area contributed by atoms with Gasteiger partial charge in [-0.05, 0) is 62.2 Å². The van der Waals surface area contributed by atoms with Crippen LogP contribution in [-0.2, 0) is 4.79 Å². The zero-order chi connectivity index (χ0) is 20.7. The van der Waals surface area contributed by atoms with Crippen LogP contribution in [0, 0.1) is 20.8 Å². The average Bonchev–Trinajstić information content (AvgIpc) is 3.05. The molecule has 148 valence electrons. The number of aryl methyl sites for hydroxylation is 2. The largest absolute Gasteiger partial charge is 0.497 e. The molecule has 29 heavy (non-hydrogen) atoms. The number of methoxy groups -OCH3 is 1. The zero-order valence-corrected chi connectivity index (χ0v) is 16.9. The average molecular weight is 389 g/mol. The SMILES string of the molecule is COc1ccc(C(=O)[C@@H]2CC(=O)Nc3c2c(C)nn3-c2cccc(C)c2C)cc1. The predicted molar refractivity (Wildman–Crippen MR) is 111 cm³/mol. The van der Waals surface area contributed by atoms with Crippen molar-refractivity contribution in [1.29, 1.82) is 0 Å². The molecule has 1 amide bonds. The zero-order valence-electron chi connectivity index (χ0n) is 16.9. The molecule has 1 N–H and O–H groups in total. The van der Waals surface area contributed by atoms with Crippen molar-refractivity contribution in [1.82, 2.24) is 9.78 Å². The van der Waals surface area contributed by atoms with Gasteiger partial charge in [-0.15, -0.1) is 0 Å². The Bertz CT molecular complexity index is 1110. The van der Waals surface area contributed by atoms with E-state index >= 15 is 0 Å². The first-order valence-electron chi connectivity index (χ1n) is 9.55. The number of amides is 1. The number of hydrogen-bond acceptors (Lipinski definition) is 4. The molecule has 1 aliphatic rings. The van der Waals surface area contributed by atoms with E-state index in [-0.39, 0.29) is 18.1 Å². The lowest BCUT2D eigenvalue weighted by atomic mass is 9.85. The fraction of sp³-hybridized carbons (Fsp3) is 0.261. The van der Waals surface area contributed by atoms with Crippen molar-refractivity contribution in [2.75, 3.05) is 12.4 Å². The van der Waals surface area contributed by atoms with Gasteiger partial charge in [0.1, 0.15) is 11.6 Å². The van der Waals surface area contributed by atoms with Crippen molar-refractivity contribution in [3.05, 3.63) is 70.4 Å². The van der Waals surface area contributed by atoms with Gasteiger partial charge >= 0.3 is 0 Å². The van der Waals surface area contributed by atoms with E-state index in [1.807, 2.05) is 39.0 Å². The molecule has 0 bridgehead atoms. The Morgan fingerprint density at radius 2 is 1.86 bits per heavy atom. The highest BCUT2D eigenvalue weighted by Gasteiger charge is 2.36. The topological polar surface area (TPSA) is 73.2 Å². The van der Waals surface area contributed by atoms with E-state index in [1.54, 1.807) is 36.1 Å². The minimum Gasteiger partial charge on any atom is -0.497 e. The van der Waals surface area contributed by atoms with Crippen LogP contribution >= 0.6 is 0 Å². The molecule has 0 aliphatic carbocycles. The number of nitrogens with zero attached hydrogens (tertiary/aromatic N) is 2. The lowest BCUT2D eigenvalue weighted by molar-refractivity contribution is -0.116. The van der Waals surface area contributed by atoms with Crippen LogP contribution in [0.5, 0.6) is 5.75 Å². The Hall–Kier alpha value is -3.41. The fourth-order valence-corrected chi connectivity index (χ4v) is 3.87. The van der Waals surface area contributed by atoms with Gasteiger partial charge in [-0.3, -0.25) is 9.59 Å². The van der Waals surface area contributed by atoms with Gasteiger partial charge in [0.25, 0.3) is 0 Å². The maximum absolute atomic E-state index is 13.3. The summed E-state index contributed by atoms with van der Waals surface area (Å²) in [5, 5.41) is 7.62. The lowest BCUT2D eigenvalue weighted by Crippen LogP contribution is -2.28. The van der Waals surface area contributed by atoms with Gasteiger partial charge in [-0.25, -0.2) is 4.68 Å². The van der Waals surface area contributed by atoms with Crippen molar-refractivity contribution in [2.24, 2.45) is 0 Å². The monoisotopic (exact) mass is 389 g/mol. The fourth-order valence-electron chi connectivity index (χ4n) is 3.87. The molecule has 1 aromatic heterocycles. The molecule has 1 aliphatic heterocycles. The van der Waals surface area contributed by atoms with E-state index in [4.69, 9.17) is 4.74 Å². The number of Topliss-reactive ketones (excluding diaryl/α,β-unsaturated/α-hetero) is 1. The van der Waals surface area contributed by atoms with Crippen LogP contribution in [-0.4, -0.2) is 28.6 Å². The second-order valence-corrected chi connectivity index (χ2v) is 7.38. The van der Waals surface area contributed by atoms with E-state index in [0.717, 1.165) is 28.1 Å². The Morgan fingerprint density at radius 1 is 1.14 bits per heavy atom. The van der Waals surface area contributed by atoms with Crippen LogP contribution in [0.4, 0.5) is 5.82 Å². The number of hydrogen-bond donors (Lipinski definition) is 1. The molecule has 0 saturated heterocycles. The molecule has 0 spiro atoms. The second kappa shape index (κ2) is 7.20. The van der Waals surface area contributed by atoms with Gasteiger partial charge in [0, 0.05) is 17.5 Å². The minimum atomic E-state index is -0.564. The normalized spacial score (nSPS) is 15.6. The van der Waals surface area contributed by atoms with Crippen LogP contribution in [0.3, 0.4) is 0 Å². The molecule has 1 atom stereocenters. The molecule has 6 heteroatoms.